The molecule has 0 atom stereocenters. The molecule has 0 unspecified atom stereocenters. The van der Waals surface area contributed by atoms with Crippen molar-refractivity contribution in [1.29, 1.82) is 5.26 Å². The Kier molecular flexibility index (Phi) is 3.18. The Morgan fingerprint density at radius 3 is 2.62 bits per heavy atom. The number of nitrogens with zero attached hydrogens (tertiary/aromatic N) is 1. The smallest absolute Gasteiger partial charge is 0.240 e. The molecule has 1 N–H and O–H groups in total. The summed E-state index contributed by atoms with van der Waals surface area (Å²) in [4.78, 5) is 11.9. The number of nitriles is 1. The highest BCUT2D eigenvalue weighted by atomic mass is 16.2. The Morgan fingerprint density at radius 1 is 1.50 bits per heavy atom. The molecular formula is C13H20N2O. The van der Waals surface area contributed by atoms with E-state index < -0.39 is 5.41 Å². The average Bonchev–Trinajstić information content (AvgIpc) is 2.16. The highest BCUT2D eigenvalue weighted by molar-refractivity contribution is 5.86. The van der Waals surface area contributed by atoms with Crippen molar-refractivity contribution < 1.29 is 4.79 Å². The first-order chi connectivity index (χ1) is 7.66. The van der Waals surface area contributed by atoms with Crippen molar-refractivity contribution in [2.24, 2.45) is 17.3 Å². The lowest BCUT2D eigenvalue weighted by atomic mass is 9.63. The van der Waals surface area contributed by atoms with Crippen LogP contribution in [0.3, 0.4) is 0 Å². The zero-order chi connectivity index (χ0) is 11.6. The van der Waals surface area contributed by atoms with Crippen LogP contribution >= 0.6 is 0 Å². The molecule has 2 aliphatic rings. The number of hydrogen-bond donors (Lipinski definition) is 1. The quantitative estimate of drug-likeness (QED) is 0.790. The molecule has 2 fully saturated rings. The van der Waals surface area contributed by atoms with Crippen molar-refractivity contribution in [3.63, 3.8) is 0 Å². The fourth-order valence-electron chi connectivity index (χ4n) is 2.80. The fourth-order valence-corrected chi connectivity index (χ4v) is 2.80. The number of rotatable bonds is 4. The largest absolute Gasteiger partial charge is 0.355 e. The summed E-state index contributed by atoms with van der Waals surface area (Å²) in [7, 11) is 0. The van der Waals surface area contributed by atoms with Gasteiger partial charge in [0.05, 0.1) is 6.07 Å². The molecule has 0 aromatic rings. The van der Waals surface area contributed by atoms with Gasteiger partial charge in [-0.3, -0.25) is 4.79 Å². The lowest BCUT2D eigenvalue weighted by molar-refractivity contribution is -0.134. The van der Waals surface area contributed by atoms with Gasteiger partial charge in [0.2, 0.25) is 5.91 Å². The number of amides is 1. The van der Waals surface area contributed by atoms with Crippen molar-refractivity contribution in [1.82, 2.24) is 5.32 Å². The average molecular weight is 220 g/mol. The summed E-state index contributed by atoms with van der Waals surface area (Å²) in [6.45, 7) is 2.85. The monoisotopic (exact) mass is 220 g/mol. The Morgan fingerprint density at radius 2 is 2.19 bits per heavy atom. The second-order valence-corrected chi connectivity index (χ2v) is 5.55. The Bertz CT molecular complexity index is 308. The molecule has 2 rings (SSSR count). The Labute approximate surface area is 97.2 Å². The third-order valence-corrected chi connectivity index (χ3v) is 4.11. The third kappa shape index (κ3) is 2.07. The van der Waals surface area contributed by atoms with E-state index in [2.05, 4.69) is 18.3 Å². The predicted octanol–water partition coefficient (Wildman–Crippen LogP) is 2.23. The van der Waals surface area contributed by atoms with E-state index in [4.69, 9.17) is 5.26 Å². The second kappa shape index (κ2) is 4.45. The molecular weight excluding hydrogens is 200 g/mol. The first-order valence-corrected chi connectivity index (χ1v) is 6.36. The zero-order valence-electron chi connectivity index (χ0n) is 9.96. The number of nitrogens with one attached hydrogen (secondary N) is 1. The molecule has 0 aromatic heterocycles. The van der Waals surface area contributed by atoms with Crippen LogP contribution in [0.5, 0.6) is 0 Å². The van der Waals surface area contributed by atoms with Crippen LogP contribution in [-0.4, -0.2) is 12.5 Å². The van der Waals surface area contributed by atoms with E-state index in [-0.39, 0.29) is 5.91 Å². The van der Waals surface area contributed by atoms with E-state index in [0.29, 0.717) is 5.92 Å². The van der Waals surface area contributed by atoms with Crippen molar-refractivity contribution in [3.8, 4) is 6.07 Å². The minimum Gasteiger partial charge on any atom is -0.355 e. The van der Waals surface area contributed by atoms with Gasteiger partial charge in [0, 0.05) is 6.54 Å². The first kappa shape index (κ1) is 11.4. The molecule has 88 valence electrons. The van der Waals surface area contributed by atoms with Gasteiger partial charge in [-0.25, -0.2) is 0 Å². The normalized spacial score (nSPS) is 33.4. The van der Waals surface area contributed by atoms with Gasteiger partial charge in [-0.05, 0) is 31.1 Å². The van der Waals surface area contributed by atoms with Crippen molar-refractivity contribution in [2.45, 2.75) is 45.4 Å². The molecule has 0 heterocycles. The minimum atomic E-state index is -0.695. The lowest BCUT2D eigenvalue weighted by Crippen LogP contribution is -2.48. The third-order valence-electron chi connectivity index (χ3n) is 4.11. The molecule has 0 radical (unpaired) electrons. The van der Waals surface area contributed by atoms with E-state index in [1.54, 1.807) is 0 Å². The van der Waals surface area contributed by atoms with E-state index in [0.717, 1.165) is 31.7 Å². The van der Waals surface area contributed by atoms with Gasteiger partial charge in [0.1, 0.15) is 5.41 Å². The van der Waals surface area contributed by atoms with Gasteiger partial charge in [0.15, 0.2) is 0 Å². The minimum absolute atomic E-state index is 0.0348. The summed E-state index contributed by atoms with van der Waals surface area (Å²) in [6.07, 6.45) is 6.53. The van der Waals surface area contributed by atoms with Gasteiger partial charge >= 0.3 is 0 Å². The summed E-state index contributed by atoms with van der Waals surface area (Å²) >= 11 is 0. The molecule has 3 heteroatoms. The van der Waals surface area contributed by atoms with E-state index in [1.807, 2.05) is 0 Å². The molecule has 0 aliphatic heterocycles. The number of carbonyl (C=O) groups is 1. The molecule has 16 heavy (non-hydrogen) atoms. The molecule has 2 aliphatic carbocycles. The van der Waals surface area contributed by atoms with E-state index >= 15 is 0 Å². The summed E-state index contributed by atoms with van der Waals surface area (Å²) in [5, 5.41) is 12.0. The van der Waals surface area contributed by atoms with Crippen LogP contribution in [0, 0.1) is 28.6 Å². The van der Waals surface area contributed by atoms with Gasteiger partial charge < -0.3 is 5.32 Å². The SMILES string of the molecule is CC1CC(C#N)(C(=O)NCCC2CCC2)C1. The topological polar surface area (TPSA) is 52.9 Å². The summed E-state index contributed by atoms with van der Waals surface area (Å²) in [5.41, 5.74) is -0.695. The highest BCUT2D eigenvalue weighted by Crippen LogP contribution is 2.45. The molecule has 0 aromatic carbocycles. The maximum Gasteiger partial charge on any atom is 0.240 e. The van der Waals surface area contributed by atoms with Crippen LogP contribution in [0.4, 0.5) is 0 Å². The number of carbonyl (C=O) groups excluding carboxylic acids is 1. The van der Waals surface area contributed by atoms with Crippen LogP contribution < -0.4 is 5.32 Å². The summed E-state index contributed by atoms with van der Waals surface area (Å²) in [5.74, 6) is 1.31. The van der Waals surface area contributed by atoms with Crippen LogP contribution in [-0.2, 0) is 4.79 Å². The van der Waals surface area contributed by atoms with Crippen LogP contribution in [0.15, 0.2) is 0 Å². The van der Waals surface area contributed by atoms with Gasteiger partial charge in [-0.1, -0.05) is 26.2 Å². The Hall–Kier alpha value is -1.04. The summed E-state index contributed by atoms with van der Waals surface area (Å²) in [6, 6.07) is 2.20. The maximum atomic E-state index is 11.9. The second-order valence-electron chi connectivity index (χ2n) is 5.55. The van der Waals surface area contributed by atoms with E-state index in [1.165, 1.54) is 19.3 Å². The predicted molar refractivity (Wildman–Crippen MR) is 61.4 cm³/mol. The van der Waals surface area contributed by atoms with Crippen molar-refractivity contribution in [3.05, 3.63) is 0 Å². The zero-order valence-corrected chi connectivity index (χ0v) is 9.96. The first-order valence-electron chi connectivity index (χ1n) is 6.36. The molecule has 0 spiro atoms. The number of hydrogen-bond acceptors (Lipinski definition) is 2. The van der Waals surface area contributed by atoms with Crippen LogP contribution in [0.2, 0.25) is 0 Å². The van der Waals surface area contributed by atoms with Crippen molar-refractivity contribution >= 4 is 5.91 Å². The van der Waals surface area contributed by atoms with E-state index in [9.17, 15) is 4.79 Å². The standard InChI is InChI=1S/C13H20N2O/c1-10-7-13(8-10,9-14)12(16)15-6-5-11-3-2-4-11/h10-11H,2-8H2,1H3,(H,15,16). The van der Waals surface area contributed by atoms with Gasteiger partial charge in [-0.15, -0.1) is 0 Å². The molecule has 1 amide bonds. The van der Waals surface area contributed by atoms with Crippen LogP contribution in [0.1, 0.15) is 45.4 Å². The summed E-state index contributed by atoms with van der Waals surface area (Å²) < 4.78 is 0. The van der Waals surface area contributed by atoms with Crippen molar-refractivity contribution in [2.75, 3.05) is 6.54 Å². The molecule has 2 saturated carbocycles. The molecule has 0 bridgehead atoms. The van der Waals surface area contributed by atoms with Crippen LogP contribution in [0.25, 0.3) is 0 Å². The van der Waals surface area contributed by atoms with Gasteiger partial charge in [-0.2, -0.15) is 5.26 Å². The highest BCUT2D eigenvalue weighted by Gasteiger charge is 2.48. The molecule has 0 saturated heterocycles. The molecule has 3 nitrogen and oxygen atoms in total. The lowest BCUT2D eigenvalue weighted by Gasteiger charge is -2.39. The van der Waals surface area contributed by atoms with Gasteiger partial charge in [0.25, 0.3) is 0 Å². The fraction of sp³-hybridized carbons (Fsp3) is 0.846. The maximum absolute atomic E-state index is 11.9. The Balaban J connectivity index is 1.72.